The number of hydrazone groups is 1. The third-order valence-electron chi connectivity index (χ3n) is 5.29. The summed E-state index contributed by atoms with van der Waals surface area (Å²) in [6, 6.07) is 14.3. The number of methoxy groups -OCH3 is 2. The van der Waals surface area contributed by atoms with Gasteiger partial charge in [0.15, 0.2) is 11.5 Å². The molecule has 1 aliphatic rings. The summed E-state index contributed by atoms with van der Waals surface area (Å²) in [6.45, 7) is 1.60. The predicted molar refractivity (Wildman–Crippen MR) is 121 cm³/mol. The van der Waals surface area contributed by atoms with Crippen molar-refractivity contribution in [2.24, 2.45) is 5.10 Å². The Balaban J connectivity index is 1.84. The number of hydrogen-bond acceptors (Lipinski definition) is 6. The molecule has 0 spiro atoms. The molecule has 0 bridgehead atoms. The van der Waals surface area contributed by atoms with Crippen LogP contribution >= 0.6 is 11.6 Å². The van der Waals surface area contributed by atoms with E-state index in [4.69, 9.17) is 21.1 Å². The number of nitrogens with zero attached hydrogens (tertiary/aromatic N) is 3. The zero-order valence-electron chi connectivity index (χ0n) is 17.4. The van der Waals surface area contributed by atoms with Gasteiger partial charge in [-0.15, -0.1) is 0 Å². The maximum atomic E-state index is 12.8. The van der Waals surface area contributed by atoms with Crippen molar-refractivity contribution in [3.05, 3.63) is 64.8 Å². The molecule has 2 heterocycles. The number of aromatic nitrogens is 1. The summed E-state index contributed by atoms with van der Waals surface area (Å²) >= 11 is 6.55. The third-order valence-corrected chi connectivity index (χ3v) is 7.23. The first-order chi connectivity index (χ1) is 14.9. The second kappa shape index (κ2) is 8.36. The zero-order valence-corrected chi connectivity index (χ0v) is 18.9. The molecule has 1 atom stereocenters. The number of sulfonamides is 1. The molecular weight excluding hydrogens is 438 g/mol. The highest BCUT2D eigenvalue weighted by Crippen LogP contribution is 2.40. The molecule has 0 unspecified atom stereocenters. The van der Waals surface area contributed by atoms with Crippen molar-refractivity contribution in [2.45, 2.75) is 19.4 Å². The summed E-state index contributed by atoms with van der Waals surface area (Å²) in [5.41, 5.74) is 2.77. The molecule has 4 rings (SSSR count). The van der Waals surface area contributed by atoms with Crippen LogP contribution in [0.1, 0.15) is 30.5 Å². The minimum atomic E-state index is -3.61. The van der Waals surface area contributed by atoms with Gasteiger partial charge in [-0.05, 0) is 24.6 Å². The van der Waals surface area contributed by atoms with E-state index in [0.29, 0.717) is 34.7 Å². The molecule has 31 heavy (non-hydrogen) atoms. The summed E-state index contributed by atoms with van der Waals surface area (Å²) in [5.74, 6) is 1.02. The molecule has 2 aromatic carbocycles. The fourth-order valence-electron chi connectivity index (χ4n) is 3.64. The number of pyridine rings is 1. The van der Waals surface area contributed by atoms with E-state index in [1.54, 1.807) is 33.3 Å². The van der Waals surface area contributed by atoms with Crippen molar-refractivity contribution in [2.75, 3.05) is 20.0 Å². The Morgan fingerprint density at radius 1 is 1.10 bits per heavy atom. The van der Waals surface area contributed by atoms with Crippen LogP contribution in [-0.2, 0) is 10.0 Å². The SMILES string of the molecule is CCS(=O)(=O)N1N=C(c2ccccc2)C[C@H]1c1cc2cc(OC)c(OC)cc2nc1Cl. The van der Waals surface area contributed by atoms with Crippen LogP contribution in [0.3, 0.4) is 0 Å². The van der Waals surface area contributed by atoms with Gasteiger partial charge in [-0.2, -0.15) is 9.52 Å². The minimum Gasteiger partial charge on any atom is -0.493 e. The lowest BCUT2D eigenvalue weighted by Gasteiger charge is -2.23. The highest BCUT2D eigenvalue weighted by molar-refractivity contribution is 7.89. The molecule has 162 valence electrons. The molecule has 0 radical (unpaired) electrons. The molecule has 0 saturated heterocycles. The van der Waals surface area contributed by atoms with Crippen molar-refractivity contribution in [3.8, 4) is 11.5 Å². The summed E-state index contributed by atoms with van der Waals surface area (Å²) in [4.78, 5) is 4.50. The van der Waals surface area contributed by atoms with Gasteiger partial charge in [0, 0.05) is 23.4 Å². The number of fused-ring (bicyclic) bond motifs is 1. The van der Waals surface area contributed by atoms with Gasteiger partial charge in [0.05, 0.1) is 37.2 Å². The zero-order chi connectivity index (χ0) is 22.2. The van der Waals surface area contributed by atoms with E-state index in [2.05, 4.69) is 10.1 Å². The van der Waals surface area contributed by atoms with Crippen LogP contribution in [0.2, 0.25) is 5.15 Å². The van der Waals surface area contributed by atoms with E-state index in [1.165, 1.54) is 4.41 Å². The molecule has 0 fully saturated rings. The highest BCUT2D eigenvalue weighted by Gasteiger charge is 2.37. The molecule has 0 aliphatic carbocycles. The largest absolute Gasteiger partial charge is 0.493 e. The van der Waals surface area contributed by atoms with Crippen LogP contribution in [-0.4, -0.2) is 43.5 Å². The van der Waals surface area contributed by atoms with E-state index < -0.39 is 16.1 Å². The molecule has 0 N–H and O–H groups in total. The van der Waals surface area contributed by atoms with Crippen LogP contribution in [0.4, 0.5) is 0 Å². The number of hydrogen-bond donors (Lipinski definition) is 0. The smallest absolute Gasteiger partial charge is 0.250 e. The lowest BCUT2D eigenvalue weighted by Crippen LogP contribution is -2.28. The standard InChI is InChI=1S/C22H22ClN3O4S/c1-4-31(27,28)26-19(12-18(25-26)14-8-6-5-7-9-14)16-10-15-11-20(29-2)21(30-3)13-17(15)24-22(16)23/h5-11,13,19H,4,12H2,1-3H3/t19-/m0/s1. The Hall–Kier alpha value is -2.84. The molecule has 1 aromatic heterocycles. The first-order valence-electron chi connectivity index (χ1n) is 9.75. The van der Waals surface area contributed by atoms with Gasteiger partial charge in [-0.25, -0.2) is 13.4 Å². The second-order valence-corrected chi connectivity index (χ2v) is 9.55. The maximum absolute atomic E-state index is 12.8. The predicted octanol–water partition coefficient (Wildman–Crippen LogP) is 4.41. The summed E-state index contributed by atoms with van der Waals surface area (Å²) in [5, 5.41) is 5.46. The van der Waals surface area contributed by atoms with E-state index in [0.717, 1.165) is 10.9 Å². The van der Waals surface area contributed by atoms with E-state index in [9.17, 15) is 8.42 Å². The fraction of sp³-hybridized carbons (Fsp3) is 0.273. The molecule has 1 aliphatic heterocycles. The van der Waals surface area contributed by atoms with Gasteiger partial charge in [-0.3, -0.25) is 0 Å². The lowest BCUT2D eigenvalue weighted by atomic mass is 9.99. The van der Waals surface area contributed by atoms with Crippen LogP contribution in [0.5, 0.6) is 11.5 Å². The third kappa shape index (κ3) is 3.93. The summed E-state index contributed by atoms with van der Waals surface area (Å²) < 4.78 is 37.6. The second-order valence-electron chi connectivity index (χ2n) is 7.07. The average Bonchev–Trinajstić information content (AvgIpc) is 3.24. The topological polar surface area (TPSA) is 81.1 Å². The van der Waals surface area contributed by atoms with Gasteiger partial charge < -0.3 is 9.47 Å². The Labute approximate surface area is 186 Å². The Bertz CT molecular complexity index is 1260. The lowest BCUT2D eigenvalue weighted by molar-refractivity contribution is 0.355. The van der Waals surface area contributed by atoms with Crippen molar-refractivity contribution in [1.82, 2.24) is 9.40 Å². The number of rotatable bonds is 6. The first kappa shape index (κ1) is 21.4. The minimum absolute atomic E-state index is 0.0707. The molecule has 0 saturated carbocycles. The van der Waals surface area contributed by atoms with Gasteiger partial charge in [0.2, 0.25) is 10.0 Å². The number of halogens is 1. The molecule has 3 aromatic rings. The van der Waals surface area contributed by atoms with Crippen molar-refractivity contribution < 1.29 is 17.9 Å². The van der Waals surface area contributed by atoms with Crippen molar-refractivity contribution in [3.63, 3.8) is 0 Å². The molecular formula is C22H22ClN3O4S. The van der Waals surface area contributed by atoms with E-state index >= 15 is 0 Å². The van der Waals surface area contributed by atoms with Gasteiger partial charge in [0.25, 0.3) is 0 Å². The van der Waals surface area contributed by atoms with Crippen LogP contribution in [0.25, 0.3) is 10.9 Å². The van der Waals surface area contributed by atoms with E-state index in [-0.39, 0.29) is 10.9 Å². The highest BCUT2D eigenvalue weighted by atomic mass is 35.5. The summed E-state index contributed by atoms with van der Waals surface area (Å²) in [6.07, 6.45) is 0.392. The maximum Gasteiger partial charge on any atom is 0.250 e. The normalized spacial score (nSPS) is 16.5. The number of ether oxygens (including phenoxy) is 2. The molecule has 9 heteroatoms. The molecule has 7 nitrogen and oxygen atoms in total. The van der Waals surface area contributed by atoms with E-state index in [1.807, 2.05) is 36.4 Å². The fourth-order valence-corrected chi connectivity index (χ4v) is 4.98. The quantitative estimate of drug-likeness (QED) is 0.510. The first-order valence-corrected chi connectivity index (χ1v) is 11.7. The van der Waals surface area contributed by atoms with Crippen LogP contribution in [0.15, 0.2) is 53.6 Å². The Morgan fingerprint density at radius 2 is 1.77 bits per heavy atom. The van der Waals surface area contributed by atoms with Crippen LogP contribution in [0, 0.1) is 0 Å². The van der Waals surface area contributed by atoms with Crippen molar-refractivity contribution in [1.29, 1.82) is 0 Å². The Morgan fingerprint density at radius 3 is 2.42 bits per heavy atom. The monoisotopic (exact) mass is 459 g/mol. The van der Waals surface area contributed by atoms with Gasteiger partial charge >= 0.3 is 0 Å². The van der Waals surface area contributed by atoms with Gasteiger partial charge in [0.1, 0.15) is 5.15 Å². The van der Waals surface area contributed by atoms with Crippen LogP contribution < -0.4 is 9.47 Å². The summed E-state index contributed by atoms with van der Waals surface area (Å²) in [7, 11) is -0.509. The Kier molecular flexibility index (Phi) is 5.77. The van der Waals surface area contributed by atoms with Gasteiger partial charge in [-0.1, -0.05) is 41.9 Å². The average molecular weight is 460 g/mol. The molecule has 0 amide bonds. The van der Waals surface area contributed by atoms with Crippen molar-refractivity contribution >= 4 is 38.2 Å². The number of benzene rings is 2.